The monoisotopic (exact) mass is 327 g/mol. The summed E-state index contributed by atoms with van der Waals surface area (Å²) in [6.45, 7) is 0.431. The van der Waals surface area contributed by atoms with Gasteiger partial charge < -0.3 is 10.5 Å². The number of nitrogens with zero attached hydrogens (tertiary/aromatic N) is 2. The fraction of sp³-hybridized carbons (Fsp3) is 0.0909. The molecule has 16 heavy (non-hydrogen) atoms. The molecule has 0 spiro atoms. The summed E-state index contributed by atoms with van der Waals surface area (Å²) >= 11 is 2.14. The first-order chi connectivity index (χ1) is 7.79. The van der Waals surface area contributed by atoms with Crippen molar-refractivity contribution < 1.29 is 4.74 Å². The van der Waals surface area contributed by atoms with E-state index in [1.54, 1.807) is 12.4 Å². The van der Waals surface area contributed by atoms with Gasteiger partial charge in [0.15, 0.2) is 0 Å². The van der Waals surface area contributed by atoms with Crippen molar-refractivity contribution in [2.75, 3.05) is 0 Å². The Bertz CT molecular complexity index is 473. The first-order valence-electron chi connectivity index (χ1n) is 4.73. The highest BCUT2D eigenvalue weighted by Gasteiger charge is 2.04. The van der Waals surface area contributed by atoms with Gasteiger partial charge >= 0.3 is 6.01 Å². The van der Waals surface area contributed by atoms with Crippen molar-refractivity contribution in [3.05, 3.63) is 45.8 Å². The molecule has 82 valence electrons. The van der Waals surface area contributed by atoms with Crippen LogP contribution in [0.5, 0.6) is 11.8 Å². The number of hydrogen-bond donors (Lipinski definition) is 1. The normalized spacial score (nSPS) is 10.1. The van der Waals surface area contributed by atoms with Gasteiger partial charge in [0.05, 0.1) is 0 Å². The molecular weight excluding hydrogens is 317 g/mol. The Balaban J connectivity index is 2.23. The minimum atomic E-state index is 0.335. The molecule has 2 N–H and O–H groups in total. The van der Waals surface area contributed by atoms with Crippen LogP contribution >= 0.6 is 22.6 Å². The quantitative estimate of drug-likeness (QED) is 0.879. The summed E-state index contributed by atoms with van der Waals surface area (Å²) in [5.41, 5.74) is 6.54. The number of halogens is 1. The molecule has 1 aromatic carbocycles. The third-order valence-corrected chi connectivity index (χ3v) is 2.55. The minimum absolute atomic E-state index is 0.335. The van der Waals surface area contributed by atoms with Gasteiger partial charge in [0, 0.05) is 28.1 Å². The minimum Gasteiger partial charge on any atom is -0.424 e. The average Bonchev–Trinajstić information content (AvgIpc) is 2.33. The zero-order chi connectivity index (χ0) is 11.4. The van der Waals surface area contributed by atoms with E-state index in [2.05, 4.69) is 32.6 Å². The Morgan fingerprint density at radius 2 is 1.88 bits per heavy atom. The third kappa shape index (κ3) is 2.67. The largest absolute Gasteiger partial charge is 0.424 e. The van der Waals surface area contributed by atoms with Gasteiger partial charge in [-0.15, -0.1) is 0 Å². The first-order valence-corrected chi connectivity index (χ1v) is 5.81. The van der Waals surface area contributed by atoms with Crippen molar-refractivity contribution in [2.45, 2.75) is 6.54 Å². The number of rotatable bonds is 3. The van der Waals surface area contributed by atoms with Crippen LogP contribution in [-0.2, 0) is 6.54 Å². The van der Waals surface area contributed by atoms with Gasteiger partial charge in [-0.1, -0.05) is 18.2 Å². The number of para-hydroxylation sites is 1. The smallest absolute Gasteiger partial charge is 0.321 e. The Hall–Kier alpha value is -1.21. The summed E-state index contributed by atoms with van der Waals surface area (Å²) in [5.74, 6) is 0.700. The van der Waals surface area contributed by atoms with Gasteiger partial charge in [0.2, 0.25) is 0 Å². The average molecular weight is 327 g/mol. The lowest BCUT2D eigenvalue weighted by molar-refractivity contribution is 0.436. The van der Waals surface area contributed by atoms with Crippen LogP contribution in [0.25, 0.3) is 0 Å². The Morgan fingerprint density at radius 3 is 2.56 bits per heavy atom. The van der Waals surface area contributed by atoms with Gasteiger partial charge in [-0.25, -0.2) is 9.97 Å². The molecule has 4 nitrogen and oxygen atoms in total. The van der Waals surface area contributed by atoms with Crippen molar-refractivity contribution in [3.63, 3.8) is 0 Å². The van der Waals surface area contributed by atoms with Crippen LogP contribution in [0.1, 0.15) is 5.56 Å². The topological polar surface area (TPSA) is 61.0 Å². The van der Waals surface area contributed by atoms with E-state index in [-0.39, 0.29) is 0 Å². The zero-order valence-corrected chi connectivity index (χ0v) is 10.6. The van der Waals surface area contributed by atoms with Crippen LogP contribution in [0.2, 0.25) is 0 Å². The SMILES string of the molecule is NCc1ccccc1Oc1ncc(I)cn1. The second-order valence-electron chi connectivity index (χ2n) is 3.10. The predicted octanol–water partition coefficient (Wildman–Crippen LogP) is 2.33. The highest BCUT2D eigenvalue weighted by Crippen LogP contribution is 2.22. The molecule has 0 radical (unpaired) electrons. The van der Waals surface area contributed by atoms with E-state index in [0.29, 0.717) is 18.3 Å². The Kier molecular flexibility index (Phi) is 3.68. The molecule has 0 saturated carbocycles. The van der Waals surface area contributed by atoms with Crippen LogP contribution in [0, 0.1) is 3.57 Å². The number of aromatic nitrogens is 2. The second-order valence-corrected chi connectivity index (χ2v) is 4.34. The highest BCUT2D eigenvalue weighted by molar-refractivity contribution is 14.1. The van der Waals surface area contributed by atoms with E-state index in [1.165, 1.54) is 0 Å². The molecule has 1 heterocycles. The summed E-state index contributed by atoms with van der Waals surface area (Å²) in [6.07, 6.45) is 3.40. The lowest BCUT2D eigenvalue weighted by Crippen LogP contribution is -2.00. The third-order valence-electron chi connectivity index (χ3n) is 1.99. The molecular formula is C11H10IN3O. The van der Waals surface area contributed by atoms with E-state index >= 15 is 0 Å². The molecule has 0 saturated heterocycles. The van der Waals surface area contributed by atoms with Crippen LogP contribution in [0.4, 0.5) is 0 Å². The summed E-state index contributed by atoms with van der Waals surface area (Å²) in [4.78, 5) is 8.13. The van der Waals surface area contributed by atoms with Crippen molar-refractivity contribution in [2.24, 2.45) is 5.73 Å². The van der Waals surface area contributed by atoms with Gasteiger partial charge in [0.1, 0.15) is 5.75 Å². The molecule has 0 aliphatic heterocycles. The van der Waals surface area contributed by atoms with Crippen molar-refractivity contribution in [3.8, 4) is 11.8 Å². The molecule has 0 unspecified atom stereocenters. The molecule has 0 atom stereocenters. The van der Waals surface area contributed by atoms with Crippen molar-refractivity contribution >= 4 is 22.6 Å². The summed E-state index contributed by atoms with van der Waals surface area (Å²) < 4.78 is 6.52. The molecule has 1 aromatic heterocycles. The van der Waals surface area contributed by atoms with Gasteiger partial charge in [-0.3, -0.25) is 0 Å². The van der Waals surface area contributed by atoms with Crippen molar-refractivity contribution in [1.29, 1.82) is 0 Å². The molecule has 0 aliphatic rings. The molecule has 5 heteroatoms. The van der Waals surface area contributed by atoms with Gasteiger partial charge in [0.25, 0.3) is 0 Å². The van der Waals surface area contributed by atoms with Crippen LogP contribution < -0.4 is 10.5 Å². The molecule has 2 aromatic rings. The van der Waals surface area contributed by atoms with Crippen LogP contribution in [-0.4, -0.2) is 9.97 Å². The van der Waals surface area contributed by atoms with E-state index in [4.69, 9.17) is 10.5 Å². The van der Waals surface area contributed by atoms with Crippen molar-refractivity contribution in [1.82, 2.24) is 9.97 Å². The van der Waals surface area contributed by atoms with Crippen LogP contribution in [0.3, 0.4) is 0 Å². The van der Waals surface area contributed by atoms with Gasteiger partial charge in [-0.2, -0.15) is 0 Å². The first kappa shape index (κ1) is 11.3. The lowest BCUT2D eigenvalue weighted by atomic mass is 10.2. The van der Waals surface area contributed by atoms with E-state index < -0.39 is 0 Å². The molecule has 0 fully saturated rings. The maximum Gasteiger partial charge on any atom is 0.321 e. The van der Waals surface area contributed by atoms with E-state index in [1.807, 2.05) is 24.3 Å². The summed E-state index contributed by atoms with van der Waals surface area (Å²) in [6, 6.07) is 7.91. The lowest BCUT2D eigenvalue weighted by Gasteiger charge is -2.07. The fourth-order valence-electron chi connectivity index (χ4n) is 1.22. The van der Waals surface area contributed by atoms with E-state index in [9.17, 15) is 0 Å². The Labute approximate surface area is 107 Å². The summed E-state index contributed by atoms with van der Waals surface area (Å²) in [5, 5.41) is 0. The maximum absolute atomic E-state index is 5.61. The fourth-order valence-corrected chi connectivity index (χ4v) is 1.50. The predicted molar refractivity (Wildman–Crippen MR) is 69.2 cm³/mol. The zero-order valence-electron chi connectivity index (χ0n) is 8.43. The molecule has 0 bridgehead atoms. The number of nitrogens with two attached hydrogens (primary N) is 1. The standard InChI is InChI=1S/C11H10IN3O/c12-9-6-14-11(15-7-9)16-10-4-2-1-3-8(10)5-13/h1-4,6-7H,5,13H2. The van der Waals surface area contributed by atoms with E-state index in [0.717, 1.165) is 9.13 Å². The Morgan fingerprint density at radius 1 is 1.19 bits per heavy atom. The number of ether oxygens (including phenoxy) is 1. The second kappa shape index (κ2) is 5.22. The molecule has 0 amide bonds. The highest BCUT2D eigenvalue weighted by atomic mass is 127. The summed E-state index contributed by atoms with van der Waals surface area (Å²) in [7, 11) is 0. The number of hydrogen-bond acceptors (Lipinski definition) is 4. The van der Waals surface area contributed by atoms with Crippen LogP contribution in [0.15, 0.2) is 36.7 Å². The van der Waals surface area contributed by atoms with Gasteiger partial charge in [-0.05, 0) is 28.7 Å². The molecule has 0 aliphatic carbocycles. The maximum atomic E-state index is 5.61. The molecule has 2 rings (SSSR count). The number of benzene rings is 1.